The fraction of sp³-hybridized carbons (Fsp3) is 0.381. The van der Waals surface area contributed by atoms with Crippen LogP contribution < -0.4 is 13.8 Å². The van der Waals surface area contributed by atoms with Crippen molar-refractivity contribution in [2.24, 2.45) is 0 Å². The van der Waals surface area contributed by atoms with E-state index in [2.05, 4.69) is 4.90 Å². The van der Waals surface area contributed by atoms with Crippen molar-refractivity contribution in [3.05, 3.63) is 48.3 Å². The predicted octanol–water partition coefficient (Wildman–Crippen LogP) is 1.57. The number of hydrogen-bond donors (Lipinski definition) is 0. The fourth-order valence-electron chi connectivity index (χ4n) is 3.51. The average molecular weight is 450 g/mol. The molecule has 0 atom stereocenters. The molecule has 2 aromatic carbocycles. The van der Waals surface area contributed by atoms with Gasteiger partial charge in [0.2, 0.25) is 5.91 Å². The number of amides is 1. The van der Waals surface area contributed by atoms with Gasteiger partial charge < -0.3 is 19.3 Å². The highest BCUT2D eigenvalue weighted by molar-refractivity contribution is 7.92. The number of carbonyl (C=O) groups is 1. The minimum absolute atomic E-state index is 0.0350. The van der Waals surface area contributed by atoms with Crippen LogP contribution in [-0.4, -0.2) is 77.1 Å². The summed E-state index contributed by atoms with van der Waals surface area (Å²) in [4.78, 5) is 16.7. The number of ether oxygens (including phenoxy) is 2. The molecule has 10 heteroatoms. The second-order valence-electron chi connectivity index (χ2n) is 7.48. The Kier molecular flexibility index (Phi) is 6.01. The minimum atomic E-state index is -4.13. The SMILES string of the molecule is CN1CCN(C(=O)CN(c2ccc(F)cc2)S(=O)(=O)c2ccc3c(c2)OCCO3)CC1. The highest BCUT2D eigenvalue weighted by atomic mass is 32.2. The van der Waals surface area contributed by atoms with Gasteiger partial charge in [0.1, 0.15) is 25.6 Å². The van der Waals surface area contributed by atoms with Crippen LogP contribution in [0.25, 0.3) is 0 Å². The highest BCUT2D eigenvalue weighted by Gasteiger charge is 2.31. The molecule has 0 radical (unpaired) electrons. The molecule has 2 aliphatic heterocycles. The average Bonchev–Trinajstić information content (AvgIpc) is 2.78. The molecule has 2 aromatic rings. The first kappa shape index (κ1) is 21.4. The summed E-state index contributed by atoms with van der Waals surface area (Å²) in [5.74, 6) is -0.00631. The largest absolute Gasteiger partial charge is 0.486 e. The lowest BCUT2D eigenvalue weighted by Gasteiger charge is -2.34. The van der Waals surface area contributed by atoms with Gasteiger partial charge in [0.15, 0.2) is 11.5 Å². The summed E-state index contributed by atoms with van der Waals surface area (Å²) in [6, 6.07) is 9.38. The van der Waals surface area contributed by atoms with E-state index in [9.17, 15) is 17.6 Å². The van der Waals surface area contributed by atoms with E-state index >= 15 is 0 Å². The predicted molar refractivity (Wildman–Crippen MR) is 112 cm³/mol. The molecule has 0 bridgehead atoms. The summed E-state index contributed by atoms with van der Waals surface area (Å²) in [6.45, 7) is 2.81. The summed E-state index contributed by atoms with van der Waals surface area (Å²) in [7, 11) is -2.16. The van der Waals surface area contributed by atoms with E-state index in [4.69, 9.17) is 9.47 Å². The Morgan fingerprint density at radius 1 is 1.00 bits per heavy atom. The molecule has 1 fully saturated rings. The maximum absolute atomic E-state index is 13.5. The first-order chi connectivity index (χ1) is 14.8. The number of carbonyl (C=O) groups excluding carboxylic acids is 1. The molecular weight excluding hydrogens is 425 g/mol. The lowest BCUT2D eigenvalue weighted by atomic mass is 10.3. The van der Waals surface area contributed by atoms with Crippen molar-refractivity contribution in [3.63, 3.8) is 0 Å². The molecular formula is C21H24FN3O5S. The molecule has 0 aromatic heterocycles. The molecule has 2 heterocycles. The van der Waals surface area contributed by atoms with Gasteiger partial charge in [0, 0.05) is 32.2 Å². The van der Waals surface area contributed by atoms with Crippen molar-refractivity contribution in [2.75, 3.05) is 57.3 Å². The normalized spacial score (nSPS) is 16.8. The van der Waals surface area contributed by atoms with Gasteiger partial charge in [-0.25, -0.2) is 12.8 Å². The molecule has 4 rings (SSSR count). The summed E-state index contributed by atoms with van der Waals surface area (Å²) >= 11 is 0. The summed E-state index contributed by atoms with van der Waals surface area (Å²) in [6.07, 6.45) is 0. The number of likely N-dealkylation sites (N-methyl/N-ethyl adjacent to an activating group) is 1. The Labute approximate surface area is 180 Å². The third kappa shape index (κ3) is 4.59. The van der Waals surface area contributed by atoms with Crippen molar-refractivity contribution >= 4 is 21.6 Å². The van der Waals surface area contributed by atoms with Crippen LogP contribution in [0.15, 0.2) is 47.4 Å². The molecule has 0 spiro atoms. The van der Waals surface area contributed by atoms with Crippen molar-refractivity contribution in [1.29, 1.82) is 0 Å². The molecule has 2 aliphatic rings. The van der Waals surface area contributed by atoms with E-state index in [0.29, 0.717) is 37.8 Å². The van der Waals surface area contributed by atoms with Crippen LogP contribution >= 0.6 is 0 Å². The highest BCUT2D eigenvalue weighted by Crippen LogP contribution is 2.34. The quantitative estimate of drug-likeness (QED) is 0.690. The number of rotatable bonds is 5. The zero-order chi connectivity index (χ0) is 22.0. The minimum Gasteiger partial charge on any atom is -0.486 e. The van der Waals surface area contributed by atoms with Gasteiger partial charge in [0.25, 0.3) is 10.0 Å². The van der Waals surface area contributed by atoms with Crippen LogP contribution in [-0.2, 0) is 14.8 Å². The Bertz CT molecular complexity index is 1050. The number of nitrogens with zero attached hydrogens (tertiary/aromatic N) is 3. The Hall–Kier alpha value is -2.85. The van der Waals surface area contributed by atoms with Gasteiger partial charge in [-0.05, 0) is 43.4 Å². The number of fused-ring (bicyclic) bond motifs is 1. The van der Waals surface area contributed by atoms with E-state index < -0.39 is 15.8 Å². The molecule has 0 saturated carbocycles. The number of halogens is 1. The smallest absolute Gasteiger partial charge is 0.264 e. The van der Waals surface area contributed by atoms with E-state index in [-0.39, 0.29) is 23.0 Å². The number of sulfonamides is 1. The molecule has 0 unspecified atom stereocenters. The zero-order valence-corrected chi connectivity index (χ0v) is 18.0. The topological polar surface area (TPSA) is 79.4 Å². The van der Waals surface area contributed by atoms with Crippen molar-refractivity contribution < 1.29 is 27.1 Å². The number of piperazine rings is 1. The van der Waals surface area contributed by atoms with Crippen LogP contribution in [0, 0.1) is 5.82 Å². The standard InChI is InChI=1S/C21H24FN3O5S/c1-23-8-10-24(11-9-23)21(26)15-25(17-4-2-16(22)3-5-17)31(27,28)18-6-7-19-20(14-18)30-13-12-29-19/h2-7,14H,8-13,15H2,1H3. The Morgan fingerprint density at radius 3 is 2.32 bits per heavy atom. The molecule has 0 aliphatic carbocycles. The fourth-order valence-corrected chi connectivity index (χ4v) is 4.94. The second kappa shape index (κ2) is 8.72. The van der Waals surface area contributed by atoms with E-state index in [0.717, 1.165) is 17.4 Å². The molecule has 0 N–H and O–H groups in total. The first-order valence-electron chi connectivity index (χ1n) is 9.99. The van der Waals surface area contributed by atoms with Crippen LogP contribution in [0.4, 0.5) is 10.1 Å². The number of anilines is 1. The van der Waals surface area contributed by atoms with Crippen molar-refractivity contribution in [2.45, 2.75) is 4.90 Å². The Balaban J connectivity index is 1.66. The first-order valence-corrected chi connectivity index (χ1v) is 11.4. The van der Waals surface area contributed by atoms with E-state index in [1.165, 1.54) is 42.5 Å². The Morgan fingerprint density at radius 2 is 1.65 bits per heavy atom. The maximum Gasteiger partial charge on any atom is 0.264 e. The summed E-state index contributed by atoms with van der Waals surface area (Å²) in [5, 5.41) is 0. The zero-order valence-electron chi connectivity index (χ0n) is 17.2. The summed E-state index contributed by atoms with van der Waals surface area (Å²) < 4.78 is 52.5. The van der Waals surface area contributed by atoms with Gasteiger partial charge in [-0.15, -0.1) is 0 Å². The number of benzene rings is 2. The van der Waals surface area contributed by atoms with Gasteiger partial charge in [-0.2, -0.15) is 0 Å². The monoisotopic (exact) mass is 449 g/mol. The third-order valence-corrected chi connectivity index (χ3v) is 7.12. The van der Waals surface area contributed by atoms with E-state index in [1.54, 1.807) is 4.90 Å². The van der Waals surface area contributed by atoms with Gasteiger partial charge in [-0.3, -0.25) is 9.10 Å². The third-order valence-electron chi connectivity index (χ3n) is 5.35. The van der Waals surface area contributed by atoms with E-state index in [1.807, 2.05) is 7.05 Å². The van der Waals surface area contributed by atoms with Crippen LogP contribution in [0.1, 0.15) is 0 Å². The lowest BCUT2D eigenvalue weighted by molar-refractivity contribution is -0.131. The molecule has 1 amide bonds. The van der Waals surface area contributed by atoms with Gasteiger partial charge in [-0.1, -0.05) is 0 Å². The molecule has 166 valence electrons. The molecule has 1 saturated heterocycles. The van der Waals surface area contributed by atoms with Crippen molar-refractivity contribution in [1.82, 2.24) is 9.80 Å². The van der Waals surface area contributed by atoms with Crippen LogP contribution in [0.3, 0.4) is 0 Å². The lowest BCUT2D eigenvalue weighted by Crippen LogP contribution is -2.50. The maximum atomic E-state index is 13.5. The molecule has 31 heavy (non-hydrogen) atoms. The summed E-state index contributed by atoms with van der Waals surface area (Å²) in [5.41, 5.74) is 0.207. The van der Waals surface area contributed by atoms with Crippen LogP contribution in [0.5, 0.6) is 11.5 Å². The number of hydrogen-bond acceptors (Lipinski definition) is 6. The van der Waals surface area contributed by atoms with Crippen molar-refractivity contribution in [3.8, 4) is 11.5 Å². The second-order valence-corrected chi connectivity index (χ2v) is 9.34. The van der Waals surface area contributed by atoms with Gasteiger partial charge in [0.05, 0.1) is 10.6 Å². The van der Waals surface area contributed by atoms with Crippen LogP contribution in [0.2, 0.25) is 0 Å². The van der Waals surface area contributed by atoms with Gasteiger partial charge >= 0.3 is 0 Å². The molecule has 8 nitrogen and oxygen atoms in total.